The van der Waals surface area contributed by atoms with Crippen LogP contribution in [0.2, 0.25) is 0 Å². The molecular weight excluding hydrogens is 287 g/mol. The quantitative estimate of drug-likeness (QED) is 0.881. The summed E-state index contributed by atoms with van der Waals surface area (Å²) < 4.78 is 39.2. The number of nitrogens with zero attached hydrogens (tertiary/aromatic N) is 3. The van der Waals surface area contributed by atoms with Gasteiger partial charge in [-0.25, -0.2) is 0 Å². The molecule has 21 heavy (non-hydrogen) atoms. The van der Waals surface area contributed by atoms with Crippen molar-refractivity contribution in [3.05, 3.63) is 29.7 Å². The van der Waals surface area contributed by atoms with Gasteiger partial charge in [0.1, 0.15) is 0 Å². The molecule has 9 heteroatoms. The third-order valence-electron chi connectivity index (χ3n) is 3.02. The highest BCUT2D eigenvalue weighted by molar-refractivity contribution is 5.78. The Labute approximate surface area is 118 Å². The van der Waals surface area contributed by atoms with Gasteiger partial charge in [0.15, 0.2) is 11.5 Å². The molecule has 3 N–H and O–H groups in total. The number of rotatable bonds is 4. The standard InChI is InChI=1S/C12H14F3N5O/c1-7(4-16)11(21)17-5-10-19-18-9-3-2-8(6-20(9)10)12(13,14)15/h2-3,6-7H,4-5,16H2,1H3,(H,17,21). The van der Waals surface area contributed by atoms with Crippen LogP contribution in [-0.2, 0) is 17.5 Å². The summed E-state index contributed by atoms with van der Waals surface area (Å²) in [4.78, 5) is 11.6. The second-order valence-electron chi connectivity index (χ2n) is 4.61. The molecule has 0 saturated heterocycles. The second kappa shape index (κ2) is 5.68. The molecule has 6 nitrogen and oxygen atoms in total. The van der Waals surface area contributed by atoms with E-state index in [-0.39, 0.29) is 36.4 Å². The van der Waals surface area contributed by atoms with Gasteiger partial charge in [0, 0.05) is 18.7 Å². The van der Waals surface area contributed by atoms with Gasteiger partial charge in [0.25, 0.3) is 0 Å². The molecule has 2 aromatic rings. The summed E-state index contributed by atoms with van der Waals surface area (Å²) in [6.45, 7) is 1.81. The summed E-state index contributed by atoms with van der Waals surface area (Å²) >= 11 is 0. The van der Waals surface area contributed by atoms with Gasteiger partial charge in [-0.1, -0.05) is 6.92 Å². The number of nitrogens with one attached hydrogen (secondary N) is 1. The molecule has 0 fully saturated rings. The number of amides is 1. The molecule has 0 aliphatic heterocycles. The molecule has 2 rings (SSSR count). The highest BCUT2D eigenvalue weighted by atomic mass is 19.4. The Morgan fingerprint density at radius 1 is 1.43 bits per heavy atom. The average Bonchev–Trinajstić information content (AvgIpc) is 2.85. The van der Waals surface area contributed by atoms with Crippen LogP contribution in [0.25, 0.3) is 5.65 Å². The zero-order valence-electron chi connectivity index (χ0n) is 11.2. The summed E-state index contributed by atoms with van der Waals surface area (Å²) in [6.07, 6.45) is -3.55. The van der Waals surface area contributed by atoms with Gasteiger partial charge in [-0.2, -0.15) is 13.2 Å². The molecule has 0 spiro atoms. The van der Waals surface area contributed by atoms with Crippen LogP contribution in [-0.4, -0.2) is 27.0 Å². The first-order chi connectivity index (χ1) is 9.82. The zero-order valence-corrected chi connectivity index (χ0v) is 11.2. The molecule has 114 valence electrons. The maximum Gasteiger partial charge on any atom is 0.417 e. The molecule has 0 aromatic carbocycles. The lowest BCUT2D eigenvalue weighted by molar-refractivity contribution is -0.137. The largest absolute Gasteiger partial charge is 0.417 e. The van der Waals surface area contributed by atoms with Gasteiger partial charge in [0.05, 0.1) is 12.1 Å². The van der Waals surface area contributed by atoms with Gasteiger partial charge in [-0.05, 0) is 12.1 Å². The maximum absolute atomic E-state index is 12.7. The van der Waals surface area contributed by atoms with E-state index < -0.39 is 11.7 Å². The van der Waals surface area contributed by atoms with Gasteiger partial charge >= 0.3 is 6.18 Å². The third kappa shape index (κ3) is 3.30. The molecule has 2 aromatic heterocycles. The molecule has 0 aliphatic carbocycles. The Kier molecular flexibility index (Phi) is 4.12. The highest BCUT2D eigenvalue weighted by Crippen LogP contribution is 2.29. The van der Waals surface area contributed by atoms with E-state index in [1.807, 2.05) is 0 Å². The van der Waals surface area contributed by atoms with E-state index >= 15 is 0 Å². The summed E-state index contributed by atoms with van der Waals surface area (Å²) in [5.74, 6) is -0.454. The van der Waals surface area contributed by atoms with Gasteiger partial charge in [0.2, 0.25) is 5.91 Å². The van der Waals surface area contributed by atoms with Crippen LogP contribution < -0.4 is 11.1 Å². The Morgan fingerprint density at radius 2 is 2.14 bits per heavy atom. The van der Waals surface area contributed by atoms with Crippen molar-refractivity contribution < 1.29 is 18.0 Å². The van der Waals surface area contributed by atoms with Gasteiger partial charge in [-0.3, -0.25) is 9.20 Å². The smallest absolute Gasteiger partial charge is 0.349 e. The van der Waals surface area contributed by atoms with E-state index in [1.54, 1.807) is 6.92 Å². The summed E-state index contributed by atoms with van der Waals surface area (Å²) in [5.41, 5.74) is 4.83. The van der Waals surface area contributed by atoms with E-state index in [4.69, 9.17) is 5.73 Å². The number of aromatic nitrogens is 3. The number of alkyl halides is 3. The van der Waals surface area contributed by atoms with Crippen molar-refractivity contribution in [1.29, 1.82) is 0 Å². The van der Waals surface area contributed by atoms with E-state index in [2.05, 4.69) is 15.5 Å². The first-order valence-corrected chi connectivity index (χ1v) is 6.21. The van der Waals surface area contributed by atoms with Crippen LogP contribution in [0.1, 0.15) is 18.3 Å². The fourth-order valence-corrected chi connectivity index (χ4v) is 1.67. The number of hydrogen-bond donors (Lipinski definition) is 2. The number of halogens is 3. The Morgan fingerprint density at radius 3 is 2.76 bits per heavy atom. The number of nitrogens with two attached hydrogens (primary N) is 1. The highest BCUT2D eigenvalue weighted by Gasteiger charge is 2.31. The zero-order chi connectivity index (χ0) is 15.6. The second-order valence-corrected chi connectivity index (χ2v) is 4.61. The van der Waals surface area contributed by atoms with Crippen molar-refractivity contribution in [1.82, 2.24) is 19.9 Å². The first kappa shape index (κ1) is 15.2. The van der Waals surface area contributed by atoms with Crippen molar-refractivity contribution in [3.63, 3.8) is 0 Å². The Hall–Kier alpha value is -2.16. The minimum atomic E-state index is -4.45. The lowest BCUT2D eigenvalue weighted by Gasteiger charge is -2.10. The molecule has 2 heterocycles. The van der Waals surface area contributed by atoms with Crippen molar-refractivity contribution >= 4 is 11.6 Å². The minimum Gasteiger partial charge on any atom is -0.349 e. The topological polar surface area (TPSA) is 85.3 Å². The lowest BCUT2D eigenvalue weighted by Crippen LogP contribution is -2.33. The fourth-order valence-electron chi connectivity index (χ4n) is 1.67. The van der Waals surface area contributed by atoms with Crippen molar-refractivity contribution in [2.45, 2.75) is 19.6 Å². The molecule has 0 bridgehead atoms. The molecular formula is C12H14F3N5O. The molecule has 0 aliphatic rings. The SMILES string of the molecule is CC(CN)C(=O)NCc1nnc2ccc(C(F)(F)F)cn12. The molecule has 1 atom stereocenters. The van der Waals surface area contributed by atoms with Gasteiger partial charge in [-0.15, -0.1) is 10.2 Å². The summed E-state index contributed by atoms with van der Waals surface area (Å²) in [7, 11) is 0. The number of carbonyl (C=O) groups is 1. The monoisotopic (exact) mass is 301 g/mol. The van der Waals surface area contributed by atoms with Crippen LogP contribution in [0.4, 0.5) is 13.2 Å². The van der Waals surface area contributed by atoms with E-state index in [0.717, 1.165) is 12.3 Å². The fraction of sp³-hybridized carbons (Fsp3) is 0.417. The normalized spacial score (nSPS) is 13.4. The van der Waals surface area contributed by atoms with Crippen molar-refractivity contribution in [2.75, 3.05) is 6.54 Å². The van der Waals surface area contributed by atoms with Crippen LogP contribution in [0, 0.1) is 5.92 Å². The lowest BCUT2D eigenvalue weighted by atomic mass is 10.2. The predicted octanol–water partition coefficient (Wildman–Crippen LogP) is 0.959. The van der Waals surface area contributed by atoms with E-state index in [9.17, 15) is 18.0 Å². The van der Waals surface area contributed by atoms with Gasteiger partial charge < -0.3 is 11.1 Å². The minimum absolute atomic E-state index is 0.0222. The predicted molar refractivity (Wildman–Crippen MR) is 68.1 cm³/mol. The van der Waals surface area contributed by atoms with E-state index in [1.165, 1.54) is 10.5 Å². The summed E-state index contributed by atoms with van der Waals surface area (Å²) in [6, 6.07) is 2.16. The van der Waals surface area contributed by atoms with Crippen molar-refractivity contribution in [2.24, 2.45) is 11.7 Å². The number of fused-ring (bicyclic) bond motifs is 1. The molecule has 1 amide bonds. The third-order valence-corrected chi connectivity index (χ3v) is 3.02. The summed E-state index contributed by atoms with van der Waals surface area (Å²) in [5, 5.41) is 10.1. The first-order valence-electron chi connectivity index (χ1n) is 6.21. The Bertz CT molecular complexity index is 652. The van der Waals surface area contributed by atoms with E-state index in [0.29, 0.717) is 0 Å². The number of pyridine rings is 1. The molecule has 0 saturated carbocycles. The number of carbonyl (C=O) groups excluding carboxylic acids is 1. The average molecular weight is 301 g/mol. The maximum atomic E-state index is 12.7. The van der Waals surface area contributed by atoms with Crippen LogP contribution in [0.5, 0.6) is 0 Å². The number of hydrogen-bond acceptors (Lipinski definition) is 4. The Balaban J connectivity index is 2.22. The van der Waals surface area contributed by atoms with Crippen LogP contribution >= 0.6 is 0 Å². The van der Waals surface area contributed by atoms with Crippen LogP contribution in [0.15, 0.2) is 18.3 Å². The van der Waals surface area contributed by atoms with Crippen LogP contribution in [0.3, 0.4) is 0 Å². The molecule has 1 unspecified atom stereocenters. The molecule has 0 radical (unpaired) electrons. The van der Waals surface area contributed by atoms with Crippen molar-refractivity contribution in [3.8, 4) is 0 Å².